The zero-order valence-electron chi connectivity index (χ0n) is 8.95. The number of hydrogen-bond donors (Lipinski definition) is 2. The predicted molar refractivity (Wildman–Crippen MR) is 60.4 cm³/mol. The molecule has 0 saturated carbocycles. The van der Waals surface area contributed by atoms with Gasteiger partial charge >= 0.3 is 0 Å². The van der Waals surface area contributed by atoms with E-state index in [1.807, 2.05) is 6.92 Å². The lowest BCUT2D eigenvalue weighted by Gasteiger charge is -2.05. The van der Waals surface area contributed by atoms with Crippen LogP contribution in [0.3, 0.4) is 0 Å². The molecule has 0 aliphatic rings. The first kappa shape index (κ1) is 11.5. The number of pyridine rings is 1. The number of nitrogens with one attached hydrogen (secondary N) is 1. The summed E-state index contributed by atoms with van der Waals surface area (Å²) in [6.45, 7) is 3.33. The second kappa shape index (κ2) is 6.05. The monoisotopic (exact) mass is 204 g/mol. The third-order valence-electron chi connectivity index (χ3n) is 2.06. The Balaban J connectivity index is 2.37. The Bertz CT molecular complexity index is 355. The van der Waals surface area contributed by atoms with Gasteiger partial charge in [-0.1, -0.05) is 0 Å². The number of rotatable bonds is 5. The Kier molecular flexibility index (Phi) is 4.65. The number of aryl methyl sites for hydroxylation is 1. The van der Waals surface area contributed by atoms with Gasteiger partial charge in [-0.25, -0.2) is 0 Å². The SMILES string of the molecule is C#CCCCNCc1nc(C)ccc1O. The summed E-state index contributed by atoms with van der Waals surface area (Å²) in [5, 5.41) is 12.7. The van der Waals surface area contributed by atoms with E-state index in [2.05, 4.69) is 16.2 Å². The van der Waals surface area contributed by atoms with Crippen molar-refractivity contribution < 1.29 is 5.11 Å². The van der Waals surface area contributed by atoms with Crippen molar-refractivity contribution in [2.75, 3.05) is 6.54 Å². The second-order valence-electron chi connectivity index (χ2n) is 3.40. The Hall–Kier alpha value is -1.53. The molecular formula is C12H16N2O. The molecule has 1 rings (SSSR count). The second-order valence-corrected chi connectivity index (χ2v) is 3.40. The van der Waals surface area contributed by atoms with E-state index in [9.17, 15) is 5.11 Å². The molecule has 1 aromatic rings. The Morgan fingerprint density at radius 3 is 3.07 bits per heavy atom. The third-order valence-corrected chi connectivity index (χ3v) is 2.06. The molecule has 0 fully saturated rings. The quantitative estimate of drug-likeness (QED) is 0.565. The van der Waals surface area contributed by atoms with E-state index in [1.165, 1.54) is 0 Å². The number of terminal acetylenes is 1. The summed E-state index contributed by atoms with van der Waals surface area (Å²) < 4.78 is 0. The molecule has 0 radical (unpaired) electrons. The minimum Gasteiger partial charge on any atom is -0.506 e. The molecule has 0 aliphatic carbocycles. The molecule has 3 nitrogen and oxygen atoms in total. The van der Waals surface area contributed by atoms with Crippen LogP contribution in [0.15, 0.2) is 12.1 Å². The number of nitrogens with zero attached hydrogens (tertiary/aromatic N) is 1. The minimum absolute atomic E-state index is 0.241. The largest absolute Gasteiger partial charge is 0.506 e. The van der Waals surface area contributed by atoms with Gasteiger partial charge in [0.2, 0.25) is 0 Å². The van der Waals surface area contributed by atoms with Crippen LogP contribution in [-0.4, -0.2) is 16.6 Å². The van der Waals surface area contributed by atoms with Gasteiger partial charge in [0.25, 0.3) is 0 Å². The van der Waals surface area contributed by atoms with Crippen molar-refractivity contribution in [3.63, 3.8) is 0 Å². The average molecular weight is 204 g/mol. The number of aromatic nitrogens is 1. The standard InChI is InChI=1S/C12H16N2O/c1-3-4-5-8-13-9-11-12(15)7-6-10(2)14-11/h1,6-7,13,15H,4-5,8-9H2,2H3. The summed E-state index contributed by atoms with van der Waals surface area (Å²) >= 11 is 0. The smallest absolute Gasteiger partial charge is 0.138 e. The maximum atomic E-state index is 9.50. The summed E-state index contributed by atoms with van der Waals surface area (Å²) in [6.07, 6.45) is 6.86. The Morgan fingerprint density at radius 1 is 1.53 bits per heavy atom. The van der Waals surface area contributed by atoms with Gasteiger partial charge in [-0.3, -0.25) is 4.98 Å². The fourth-order valence-electron chi connectivity index (χ4n) is 1.26. The van der Waals surface area contributed by atoms with E-state index in [-0.39, 0.29) is 5.75 Å². The van der Waals surface area contributed by atoms with E-state index in [0.717, 1.165) is 25.1 Å². The normalized spacial score (nSPS) is 9.87. The molecule has 3 heteroatoms. The first-order valence-corrected chi connectivity index (χ1v) is 5.03. The molecule has 0 aliphatic heterocycles. The molecule has 0 aromatic carbocycles. The molecule has 0 bridgehead atoms. The summed E-state index contributed by atoms with van der Waals surface area (Å²) in [6, 6.07) is 3.46. The van der Waals surface area contributed by atoms with Gasteiger partial charge in [-0.15, -0.1) is 12.3 Å². The summed E-state index contributed by atoms with van der Waals surface area (Å²) in [5.41, 5.74) is 1.60. The van der Waals surface area contributed by atoms with Gasteiger partial charge in [0, 0.05) is 18.7 Å². The van der Waals surface area contributed by atoms with Crippen LogP contribution in [0.4, 0.5) is 0 Å². The van der Waals surface area contributed by atoms with Crippen LogP contribution in [-0.2, 0) is 6.54 Å². The minimum atomic E-state index is 0.241. The maximum Gasteiger partial charge on any atom is 0.138 e. The zero-order valence-corrected chi connectivity index (χ0v) is 8.95. The lowest BCUT2D eigenvalue weighted by molar-refractivity contribution is 0.459. The van der Waals surface area contributed by atoms with Gasteiger partial charge in [-0.05, 0) is 32.0 Å². The van der Waals surface area contributed by atoms with E-state index in [1.54, 1.807) is 12.1 Å². The molecule has 0 saturated heterocycles. The van der Waals surface area contributed by atoms with Crippen molar-refractivity contribution in [2.24, 2.45) is 0 Å². The lowest BCUT2D eigenvalue weighted by Crippen LogP contribution is -2.15. The van der Waals surface area contributed by atoms with Crippen LogP contribution in [0.5, 0.6) is 5.75 Å². The molecule has 0 spiro atoms. The van der Waals surface area contributed by atoms with Gasteiger partial charge in [0.1, 0.15) is 5.75 Å². The number of unbranched alkanes of at least 4 members (excludes halogenated alkanes) is 1. The van der Waals surface area contributed by atoms with Crippen LogP contribution >= 0.6 is 0 Å². The van der Waals surface area contributed by atoms with E-state index >= 15 is 0 Å². The van der Waals surface area contributed by atoms with Gasteiger partial charge < -0.3 is 10.4 Å². The predicted octanol–water partition coefficient (Wildman–Crippen LogP) is 1.60. The van der Waals surface area contributed by atoms with E-state index in [4.69, 9.17) is 6.42 Å². The van der Waals surface area contributed by atoms with Crippen molar-refractivity contribution >= 4 is 0 Å². The highest BCUT2D eigenvalue weighted by Gasteiger charge is 2.01. The molecular weight excluding hydrogens is 188 g/mol. The summed E-state index contributed by atoms with van der Waals surface area (Å²) in [7, 11) is 0. The molecule has 0 unspecified atom stereocenters. The lowest BCUT2D eigenvalue weighted by atomic mass is 10.2. The first-order chi connectivity index (χ1) is 7.24. The highest BCUT2D eigenvalue weighted by Crippen LogP contribution is 2.13. The van der Waals surface area contributed by atoms with E-state index < -0.39 is 0 Å². The summed E-state index contributed by atoms with van der Waals surface area (Å²) in [4.78, 5) is 4.24. The molecule has 1 heterocycles. The molecule has 80 valence electrons. The third kappa shape index (κ3) is 4.01. The van der Waals surface area contributed by atoms with Crippen molar-refractivity contribution in [1.82, 2.24) is 10.3 Å². The van der Waals surface area contributed by atoms with Crippen molar-refractivity contribution in [3.05, 3.63) is 23.5 Å². The van der Waals surface area contributed by atoms with Gasteiger partial charge in [0.15, 0.2) is 0 Å². The highest BCUT2D eigenvalue weighted by atomic mass is 16.3. The highest BCUT2D eigenvalue weighted by molar-refractivity contribution is 5.27. The van der Waals surface area contributed by atoms with Crippen molar-refractivity contribution in [1.29, 1.82) is 0 Å². The Labute approximate surface area is 90.5 Å². The fraction of sp³-hybridized carbons (Fsp3) is 0.417. The molecule has 0 atom stereocenters. The summed E-state index contributed by atoms with van der Waals surface area (Å²) in [5.74, 6) is 2.82. The van der Waals surface area contributed by atoms with E-state index in [0.29, 0.717) is 12.2 Å². The Morgan fingerprint density at radius 2 is 2.33 bits per heavy atom. The van der Waals surface area contributed by atoms with Gasteiger partial charge in [-0.2, -0.15) is 0 Å². The van der Waals surface area contributed by atoms with Crippen LogP contribution in [0.1, 0.15) is 24.2 Å². The number of hydrogen-bond acceptors (Lipinski definition) is 3. The van der Waals surface area contributed by atoms with Crippen molar-refractivity contribution in [3.8, 4) is 18.1 Å². The topological polar surface area (TPSA) is 45.2 Å². The van der Waals surface area contributed by atoms with Crippen LogP contribution in [0, 0.1) is 19.3 Å². The fourth-order valence-corrected chi connectivity index (χ4v) is 1.26. The first-order valence-electron chi connectivity index (χ1n) is 5.03. The maximum absolute atomic E-state index is 9.50. The molecule has 15 heavy (non-hydrogen) atoms. The van der Waals surface area contributed by atoms with Crippen LogP contribution < -0.4 is 5.32 Å². The number of aromatic hydroxyl groups is 1. The van der Waals surface area contributed by atoms with Crippen LogP contribution in [0.2, 0.25) is 0 Å². The van der Waals surface area contributed by atoms with Crippen LogP contribution in [0.25, 0.3) is 0 Å². The average Bonchev–Trinajstić information content (AvgIpc) is 2.23. The zero-order chi connectivity index (χ0) is 11.1. The molecule has 0 amide bonds. The van der Waals surface area contributed by atoms with Crippen molar-refractivity contribution in [2.45, 2.75) is 26.3 Å². The molecule has 2 N–H and O–H groups in total. The van der Waals surface area contributed by atoms with Gasteiger partial charge in [0.05, 0.1) is 5.69 Å². The molecule has 1 aromatic heterocycles.